The average molecular weight is 206 g/mol. The lowest BCUT2D eigenvalue weighted by Crippen LogP contribution is -2.35. The van der Waals surface area contributed by atoms with Crippen molar-refractivity contribution in [3.63, 3.8) is 0 Å². The molecule has 2 aliphatic heterocycles. The van der Waals surface area contributed by atoms with Crippen molar-refractivity contribution in [3.05, 3.63) is 0 Å². The molecule has 2 heterocycles. The monoisotopic (exact) mass is 206 g/mol. The maximum atomic E-state index is 2.39. The van der Waals surface area contributed by atoms with Crippen LogP contribution in [0.4, 0.5) is 0 Å². The number of fused-ring (bicyclic) bond motifs is 2. The average Bonchev–Trinajstić information content (AvgIpc) is 2.12. The van der Waals surface area contributed by atoms with Gasteiger partial charge < -0.3 is 0 Å². The fourth-order valence-corrected chi connectivity index (χ4v) is 3.89. The van der Waals surface area contributed by atoms with E-state index in [1.165, 1.54) is 25.6 Å². The molecule has 0 aromatic heterocycles. The molecule has 0 N–H and O–H groups in total. The highest BCUT2D eigenvalue weighted by Crippen LogP contribution is 2.48. The quantitative estimate of drug-likeness (QED) is 0.556. The fraction of sp³-hybridized carbons (Fsp3) is 1.00. The summed E-state index contributed by atoms with van der Waals surface area (Å²) in [5, 5.41) is 0. The van der Waals surface area contributed by atoms with Gasteiger partial charge in [-0.25, -0.2) is 0 Å². The van der Waals surface area contributed by atoms with Gasteiger partial charge >= 0.3 is 0 Å². The van der Waals surface area contributed by atoms with Gasteiger partial charge in [-0.1, -0.05) is 83.7 Å². The zero-order valence-electron chi connectivity index (χ0n) is 10.9. The van der Waals surface area contributed by atoms with Gasteiger partial charge in [-0.05, 0) is 5.41 Å². The Morgan fingerprint density at radius 3 is 1.80 bits per heavy atom. The predicted molar refractivity (Wildman–Crippen MR) is 69.8 cm³/mol. The topological polar surface area (TPSA) is 0 Å². The van der Waals surface area contributed by atoms with Crippen LogP contribution < -0.4 is 0 Å². The summed E-state index contributed by atoms with van der Waals surface area (Å²) in [6, 6.07) is 0. The lowest BCUT2D eigenvalue weighted by molar-refractivity contribution is 0.384. The third-order valence-corrected chi connectivity index (χ3v) is 4.74. The van der Waals surface area contributed by atoms with E-state index < -0.39 is 0 Å². The van der Waals surface area contributed by atoms with Crippen LogP contribution in [0, 0.1) is 5.41 Å². The summed E-state index contributed by atoms with van der Waals surface area (Å²) >= 11 is 0. The Labute approximate surface area is 96.3 Å². The van der Waals surface area contributed by atoms with Gasteiger partial charge in [0.1, 0.15) is 6.71 Å². The summed E-state index contributed by atoms with van der Waals surface area (Å²) < 4.78 is 0. The SMILES string of the molecule is CC(C)(C)CCB1C2CCCC1CCC2. The molecular weight excluding hydrogens is 179 g/mol. The van der Waals surface area contributed by atoms with Crippen LogP contribution >= 0.6 is 0 Å². The highest BCUT2D eigenvalue weighted by Gasteiger charge is 2.38. The molecule has 0 aromatic carbocycles. The van der Waals surface area contributed by atoms with E-state index >= 15 is 0 Å². The molecule has 0 radical (unpaired) electrons. The molecule has 0 unspecified atom stereocenters. The Hall–Kier alpha value is 0.0649. The van der Waals surface area contributed by atoms with E-state index in [0.29, 0.717) is 5.41 Å². The lowest BCUT2D eigenvalue weighted by atomic mass is 9.25. The summed E-state index contributed by atoms with van der Waals surface area (Å²) in [5.41, 5.74) is 0.547. The van der Waals surface area contributed by atoms with Crippen molar-refractivity contribution in [2.75, 3.05) is 0 Å². The lowest BCUT2D eigenvalue weighted by Gasteiger charge is -2.41. The summed E-state index contributed by atoms with van der Waals surface area (Å²) in [6.07, 6.45) is 12.2. The third-order valence-electron chi connectivity index (χ3n) is 4.74. The number of hydrogen-bond donors (Lipinski definition) is 0. The molecule has 2 fully saturated rings. The third kappa shape index (κ3) is 3.01. The molecule has 0 aliphatic carbocycles. The van der Waals surface area contributed by atoms with E-state index in [4.69, 9.17) is 0 Å². The van der Waals surface area contributed by atoms with Crippen molar-refractivity contribution >= 4 is 6.71 Å². The molecule has 1 heteroatoms. The standard InChI is InChI=1S/C14H27B/c1-14(2,3)10-11-15-12-6-4-7-13(15)9-5-8-12/h12-13H,4-11H2,1-3H3. The summed E-state index contributed by atoms with van der Waals surface area (Å²) in [6.45, 7) is 8.29. The first-order valence-electron chi connectivity index (χ1n) is 7.06. The number of hydrogen-bond acceptors (Lipinski definition) is 0. The van der Waals surface area contributed by atoms with Crippen molar-refractivity contribution in [1.82, 2.24) is 0 Å². The smallest absolute Gasteiger partial charge is 0.0732 e. The molecule has 0 amide bonds. The first-order chi connectivity index (χ1) is 7.06. The van der Waals surface area contributed by atoms with E-state index in [-0.39, 0.29) is 0 Å². The van der Waals surface area contributed by atoms with Crippen LogP contribution in [0.15, 0.2) is 0 Å². The highest BCUT2D eigenvalue weighted by atomic mass is 14.3. The van der Waals surface area contributed by atoms with Crippen LogP contribution in [0.3, 0.4) is 0 Å². The summed E-state index contributed by atoms with van der Waals surface area (Å²) in [7, 11) is 0. The van der Waals surface area contributed by atoms with Gasteiger partial charge in [0.2, 0.25) is 0 Å². The highest BCUT2D eigenvalue weighted by molar-refractivity contribution is 6.62. The van der Waals surface area contributed by atoms with Crippen LogP contribution in [-0.2, 0) is 0 Å². The van der Waals surface area contributed by atoms with Gasteiger partial charge in [0.15, 0.2) is 0 Å². The molecule has 0 nitrogen and oxygen atoms in total. The molecule has 0 aromatic rings. The van der Waals surface area contributed by atoms with Gasteiger partial charge in [0.25, 0.3) is 0 Å². The first kappa shape index (κ1) is 11.5. The molecule has 2 saturated heterocycles. The predicted octanol–water partition coefficient (Wildman–Crippen LogP) is 5.03. The molecule has 2 aliphatic rings. The number of rotatable bonds is 2. The fourth-order valence-electron chi connectivity index (χ4n) is 3.89. The van der Waals surface area contributed by atoms with Gasteiger partial charge in [0, 0.05) is 0 Å². The molecule has 2 rings (SSSR count). The largest absolute Gasteiger partial charge is 0.146 e. The van der Waals surface area contributed by atoms with Gasteiger partial charge in [-0.2, -0.15) is 0 Å². The molecule has 2 bridgehead atoms. The zero-order chi connectivity index (χ0) is 10.9. The van der Waals surface area contributed by atoms with Crippen molar-refractivity contribution in [2.45, 2.75) is 83.7 Å². The van der Waals surface area contributed by atoms with Crippen molar-refractivity contribution in [1.29, 1.82) is 0 Å². The van der Waals surface area contributed by atoms with E-state index in [9.17, 15) is 0 Å². The van der Waals surface area contributed by atoms with E-state index in [1.807, 2.05) is 0 Å². The van der Waals surface area contributed by atoms with Crippen molar-refractivity contribution in [2.24, 2.45) is 5.41 Å². The summed E-state index contributed by atoms with van der Waals surface area (Å²) in [4.78, 5) is 0. The Morgan fingerprint density at radius 1 is 0.933 bits per heavy atom. The maximum absolute atomic E-state index is 2.39. The minimum Gasteiger partial charge on any atom is -0.0732 e. The minimum atomic E-state index is 0.547. The minimum absolute atomic E-state index is 0.547. The second-order valence-electron chi connectivity index (χ2n) is 7.15. The van der Waals surface area contributed by atoms with E-state index in [1.54, 1.807) is 25.7 Å². The second-order valence-corrected chi connectivity index (χ2v) is 7.15. The molecule has 0 spiro atoms. The van der Waals surface area contributed by atoms with Gasteiger partial charge in [-0.3, -0.25) is 0 Å². The molecule has 0 atom stereocenters. The van der Waals surface area contributed by atoms with Crippen LogP contribution in [0.5, 0.6) is 0 Å². The van der Waals surface area contributed by atoms with Crippen LogP contribution in [-0.4, -0.2) is 6.71 Å². The Kier molecular flexibility index (Phi) is 3.47. The summed E-state index contributed by atoms with van der Waals surface area (Å²) in [5.74, 6) is 2.22. The van der Waals surface area contributed by atoms with Crippen molar-refractivity contribution < 1.29 is 0 Å². The molecule has 0 saturated carbocycles. The Balaban J connectivity index is 1.89. The maximum Gasteiger partial charge on any atom is 0.146 e. The zero-order valence-corrected chi connectivity index (χ0v) is 10.9. The molecule has 86 valence electrons. The van der Waals surface area contributed by atoms with Crippen LogP contribution in [0.25, 0.3) is 0 Å². The van der Waals surface area contributed by atoms with E-state index in [0.717, 1.165) is 18.3 Å². The van der Waals surface area contributed by atoms with E-state index in [2.05, 4.69) is 20.8 Å². The van der Waals surface area contributed by atoms with Crippen LogP contribution in [0.2, 0.25) is 18.0 Å². The Morgan fingerprint density at radius 2 is 1.40 bits per heavy atom. The molecular formula is C14H27B. The normalized spacial score (nSPS) is 31.8. The van der Waals surface area contributed by atoms with Crippen LogP contribution in [0.1, 0.15) is 65.7 Å². The Bertz CT molecular complexity index is 182. The first-order valence-corrected chi connectivity index (χ1v) is 7.06. The molecule has 15 heavy (non-hydrogen) atoms. The van der Waals surface area contributed by atoms with Gasteiger partial charge in [-0.15, -0.1) is 0 Å². The van der Waals surface area contributed by atoms with Crippen molar-refractivity contribution in [3.8, 4) is 0 Å². The van der Waals surface area contributed by atoms with Gasteiger partial charge in [0.05, 0.1) is 0 Å². The second kappa shape index (κ2) is 4.51.